The molecule has 2 fully saturated rings. The number of piperidine rings is 1. The van der Waals surface area contributed by atoms with E-state index in [-0.39, 0.29) is 11.8 Å². The van der Waals surface area contributed by atoms with Crippen LogP contribution in [-0.2, 0) is 14.3 Å². The third kappa shape index (κ3) is 2.91. The van der Waals surface area contributed by atoms with Gasteiger partial charge in [-0.3, -0.25) is 9.59 Å². The van der Waals surface area contributed by atoms with Gasteiger partial charge in [0.05, 0.1) is 5.41 Å². The first kappa shape index (κ1) is 14.3. The maximum Gasteiger partial charge on any atom is 0.309 e. The average molecular weight is 269 g/mol. The highest BCUT2D eigenvalue weighted by atomic mass is 16.5. The summed E-state index contributed by atoms with van der Waals surface area (Å²) in [6.45, 7) is 4.41. The fourth-order valence-electron chi connectivity index (χ4n) is 3.08. The number of likely N-dealkylation sites (tertiary alicyclic amines) is 1. The SMILES string of the molecule is CCC1(C(=O)O)CCN(C(=O)C2CCOCC2)CC1. The van der Waals surface area contributed by atoms with E-state index < -0.39 is 11.4 Å². The van der Waals surface area contributed by atoms with Crippen molar-refractivity contribution in [2.75, 3.05) is 26.3 Å². The summed E-state index contributed by atoms with van der Waals surface area (Å²) < 4.78 is 5.27. The van der Waals surface area contributed by atoms with Crippen LogP contribution in [0, 0.1) is 11.3 Å². The summed E-state index contributed by atoms with van der Waals surface area (Å²) in [7, 11) is 0. The maximum atomic E-state index is 12.3. The molecule has 5 nitrogen and oxygen atoms in total. The van der Waals surface area contributed by atoms with Gasteiger partial charge >= 0.3 is 5.97 Å². The quantitative estimate of drug-likeness (QED) is 0.843. The number of nitrogens with zero attached hydrogens (tertiary/aromatic N) is 1. The van der Waals surface area contributed by atoms with Crippen molar-refractivity contribution < 1.29 is 19.4 Å². The zero-order chi connectivity index (χ0) is 13.9. The summed E-state index contributed by atoms with van der Waals surface area (Å²) in [5, 5.41) is 9.34. The standard InChI is InChI=1S/C14H23NO4/c1-2-14(13(17)18)5-7-15(8-6-14)12(16)11-3-9-19-10-4-11/h11H,2-10H2,1H3,(H,17,18). The molecule has 2 aliphatic heterocycles. The van der Waals surface area contributed by atoms with Crippen LogP contribution in [0.15, 0.2) is 0 Å². The Balaban J connectivity index is 1.92. The van der Waals surface area contributed by atoms with Crippen molar-refractivity contribution in [1.82, 2.24) is 4.90 Å². The minimum atomic E-state index is -0.715. The van der Waals surface area contributed by atoms with Crippen molar-refractivity contribution in [3.63, 3.8) is 0 Å². The van der Waals surface area contributed by atoms with Gasteiger partial charge in [-0.25, -0.2) is 0 Å². The van der Waals surface area contributed by atoms with Gasteiger partial charge in [0.25, 0.3) is 0 Å². The molecule has 5 heteroatoms. The summed E-state index contributed by atoms with van der Waals surface area (Å²) >= 11 is 0. The van der Waals surface area contributed by atoms with Crippen molar-refractivity contribution >= 4 is 11.9 Å². The van der Waals surface area contributed by atoms with Crippen LogP contribution in [0.5, 0.6) is 0 Å². The van der Waals surface area contributed by atoms with Gasteiger partial charge in [0.2, 0.25) is 5.91 Å². The Morgan fingerprint density at radius 2 is 1.84 bits per heavy atom. The molecular formula is C14H23NO4. The average Bonchev–Trinajstić information content (AvgIpc) is 2.47. The van der Waals surface area contributed by atoms with Gasteiger partial charge in [0.15, 0.2) is 0 Å². The van der Waals surface area contributed by atoms with E-state index in [1.807, 2.05) is 11.8 Å². The van der Waals surface area contributed by atoms with Crippen LogP contribution in [-0.4, -0.2) is 48.2 Å². The van der Waals surface area contributed by atoms with Crippen LogP contribution < -0.4 is 0 Å². The van der Waals surface area contributed by atoms with E-state index in [0.29, 0.717) is 45.6 Å². The molecule has 0 unspecified atom stereocenters. The summed E-state index contributed by atoms with van der Waals surface area (Å²) in [5.41, 5.74) is -0.619. The molecular weight excluding hydrogens is 246 g/mol. The van der Waals surface area contributed by atoms with Crippen LogP contribution >= 0.6 is 0 Å². The predicted molar refractivity (Wildman–Crippen MR) is 69.7 cm³/mol. The maximum absolute atomic E-state index is 12.3. The molecule has 2 rings (SSSR count). The molecule has 0 bridgehead atoms. The van der Waals surface area contributed by atoms with Gasteiger partial charge in [0, 0.05) is 32.2 Å². The predicted octanol–water partition coefficient (Wildman–Crippen LogP) is 1.52. The molecule has 1 N–H and O–H groups in total. The molecule has 0 radical (unpaired) electrons. The Morgan fingerprint density at radius 1 is 1.26 bits per heavy atom. The molecule has 2 saturated heterocycles. The first-order chi connectivity index (χ1) is 9.09. The Bertz CT molecular complexity index is 341. The molecule has 2 heterocycles. The number of aliphatic carboxylic acids is 1. The fourth-order valence-corrected chi connectivity index (χ4v) is 3.08. The topological polar surface area (TPSA) is 66.8 Å². The lowest BCUT2D eigenvalue weighted by atomic mass is 9.76. The first-order valence-corrected chi connectivity index (χ1v) is 7.19. The second kappa shape index (κ2) is 5.90. The second-order valence-electron chi connectivity index (χ2n) is 5.65. The van der Waals surface area contributed by atoms with E-state index >= 15 is 0 Å². The van der Waals surface area contributed by atoms with Crippen LogP contribution in [0.1, 0.15) is 39.0 Å². The number of carbonyl (C=O) groups is 2. The Labute approximate surface area is 113 Å². The van der Waals surface area contributed by atoms with Crippen LogP contribution in [0.25, 0.3) is 0 Å². The minimum Gasteiger partial charge on any atom is -0.481 e. The van der Waals surface area contributed by atoms with E-state index in [1.165, 1.54) is 0 Å². The lowest BCUT2D eigenvalue weighted by molar-refractivity contribution is -0.156. The Hall–Kier alpha value is -1.10. The molecule has 2 aliphatic rings. The van der Waals surface area contributed by atoms with E-state index in [1.54, 1.807) is 0 Å². The normalized spacial score (nSPS) is 24.2. The van der Waals surface area contributed by atoms with E-state index in [0.717, 1.165) is 12.8 Å². The largest absolute Gasteiger partial charge is 0.481 e. The molecule has 0 saturated carbocycles. The number of carboxylic acid groups (broad SMARTS) is 1. The number of carbonyl (C=O) groups excluding carboxylic acids is 1. The molecule has 0 aromatic rings. The van der Waals surface area contributed by atoms with E-state index in [2.05, 4.69) is 0 Å². The number of hydrogen-bond donors (Lipinski definition) is 1. The molecule has 108 valence electrons. The monoisotopic (exact) mass is 269 g/mol. The smallest absolute Gasteiger partial charge is 0.309 e. The van der Waals surface area contributed by atoms with E-state index in [4.69, 9.17) is 4.74 Å². The summed E-state index contributed by atoms with van der Waals surface area (Å²) in [6, 6.07) is 0. The summed E-state index contributed by atoms with van der Waals surface area (Å²) in [6.07, 6.45) is 3.39. The van der Waals surface area contributed by atoms with Crippen molar-refractivity contribution in [2.24, 2.45) is 11.3 Å². The highest BCUT2D eigenvalue weighted by Crippen LogP contribution is 2.35. The van der Waals surface area contributed by atoms with Gasteiger partial charge < -0.3 is 14.7 Å². The highest BCUT2D eigenvalue weighted by Gasteiger charge is 2.41. The first-order valence-electron chi connectivity index (χ1n) is 7.19. The van der Waals surface area contributed by atoms with Crippen LogP contribution in [0.3, 0.4) is 0 Å². The molecule has 0 aromatic heterocycles. The van der Waals surface area contributed by atoms with Crippen molar-refractivity contribution in [1.29, 1.82) is 0 Å². The summed E-state index contributed by atoms with van der Waals surface area (Å²) in [5.74, 6) is -0.445. The third-order valence-corrected chi connectivity index (χ3v) is 4.73. The van der Waals surface area contributed by atoms with Crippen molar-refractivity contribution in [3.8, 4) is 0 Å². The van der Waals surface area contributed by atoms with Gasteiger partial charge in [0.1, 0.15) is 0 Å². The zero-order valence-corrected chi connectivity index (χ0v) is 11.6. The number of carboxylic acids is 1. The number of ether oxygens (including phenoxy) is 1. The minimum absolute atomic E-state index is 0.0766. The Kier molecular flexibility index (Phi) is 4.45. The highest BCUT2D eigenvalue weighted by molar-refractivity contribution is 5.80. The number of amides is 1. The molecule has 1 amide bonds. The molecule has 0 spiro atoms. The van der Waals surface area contributed by atoms with Crippen molar-refractivity contribution in [3.05, 3.63) is 0 Å². The Morgan fingerprint density at radius 3 is 2.32 bits per heavy atom. The molecule has 0 aromatic carbocycles. The fraction of sp³-hybridized carbons (Fsp3) is 0.857. The lowest BCUT2D eigenvalue weighted by Gasteiger charge is -2.40. The van der Waals surface area contributed by atoms with Gasteiger partial charge in [-0.15, -0.1) is 0 Å². The van der Waals surface area contributed by atoms with Gasteiger partial charge in [-0.1, -0.05) is 6.92 Å². The lowest BCUT2D eigenvalue weighted by Crippen LogP contribution is -2.48. The van der Waals surface area contributed by atoms with Gasteiger partial charge in [-0.2, -0.15) is 0 Å². The number of hydrogen-bond acceptors (Lipinski definition) is 3. The van der Waals surface area contributed by atoms with Gasteiger partial charge in [-0.05, 0) is 32.1 Å². The summed E-state index contributed by atoms with van der Waals surface area (Å²) in [4.78, 5) is 25.6. The molecule has 0 aliphatic carbocycles. The number of rotatable bonds is 3. The molecule has 0 atom stereocenters. The molecule has 19 heavy (non-hydrogen) atoms. The zero-order valence-electron chi connectivity index (χ0n) is 11.6. The van der Waals surface area contributed by atoms with Crippen molar-refractivity contribution in [2.45, 2.75) is 39.0 Å². The van der Waals surface area contributed by atoms with Crippen LogP contribution in [0.4, 0.5) is 0 Å². The third-order valence-electron chi connectivity index (χ3n) is 4.73. The second-order valence-corrected chi connectivity index (χ2v) is 5.65. The van der Waals surface area contributed by atoms with E-state index in [9.17, 15) is 14.7 Å². The van der Waals surface area contributed by atoms with Crippen LogP contribution in [0.2, 0.25) is 0 Å².